The third-order valence-corrected chi connectivity index (χ3v) is 3.63. The van der Waals surface area contributed by atoms with E-state index in [4.69, 9.17) is 10.2 Å². The molecule has 21 heavy (non-hydrogen) atoms. The molecule has 1 atom stereocenters. The standard InChI is InChI=1S/C17H22N2O2/c1-12(2)16(13-6-4-3-5-7-13)10-19-17(20)14-8-15(9-18)21-11-14/h3-8,11-12,16H,9-10,18H2,1-2H3,(H,19,20). The predicted octanol–water partition coefficient (Wildman–Crippen LogP) is 2.91. The van der Waals surface area contributed by atoms with Crippen LogP contribution in [0.5, 0.6) is 0 Å². The summed E-state index contributed by atoms with van der Waals surface area (Å²) in [6.45, 7) is 5.22. The number of nitrogens with one attached hydrogen (secondary N) is 1. The average molecular weight is 286 g/mol. The zero-order valence-electron chi connectivity index (χ0n) is 12.5. The van der Waals surface area contributed by atoms with Gasteiger partial charge in [0.15, 0.2) is 0 Å². The Bertz CT molecular complexity index is 575. The number of rotatable bonds is 6. The van der Waals surface area contributed by atoms with E-state index in [2.05, 4.69) is 31.3 Å². The molecule has 1 aromatic heterocycles. The first-order valence-electron chi connectivity index (χ1n) is 7.22. The summed E-state index contributed by atoms with van der Waals surface area (Å²) >= 11 is 0. The molecule has 0 saturated heterocycles. The lowest BCUT2D eigenvalue weighted by Gasteiger charge is -2.21. The fourth-order valence-electron chi connectivity index (χ4n) is 2.35. The van der Waals surface area contributed by atoms with Gasteiger partial charge >= 0.3 is 0 Å². The van der Waals surface area contributed by atoms with E-state index in [0.29, 0.717) is 30.3 Å². The van der Waals surface area contributed by atoms with Gasteiger partial charge in [-0.25, -0.2) is 0 Å². The van der Waals surface area contributed by atoms with Gasteiger partial charge in [0.2, 0.25) is 0 Å². The lowest BCUT2D eigenvalue weighted by atomic mass is 9.88. The molecule has 3 N–H and O–H groups in total. The number of hydrogen-bond donors (Lipinski definition) is 2. The van der Waals surface area contributed by atoms with Crippen molar-refractivity contribution in [3.63, 3.8) is 0 Å². The van der Waals surface area contributed by atoms with Crippen LogP contribution in [0.15, 0.2) is 47.1 Å². The minimum atomic E-state index is -0.125. The Morgan fingerprint density at radius 3 is 2.57 bits per heavy atom. The van der Waals surface area contributed by atoms with Crippen LogP contribution in [0.25, 0.3) is 0 Å². The van der Waals surface area contributed by atoms with Crippen molar-refractivity contribution in [1.82, 2.24) is 5.32 Å². The molecule has 0 fully saturated rings. The van der Waals surface area contributed by atoms with Crippen LogP contribution in [-0.4, -0.2) is 12.5 Å². The van der Waals surface area contributed by atoms with Crippen LogP contribution in [0.2, 0.25) is 0 Å². The number of carbonyl (C=O) groups excluding carboxylic acids is 1. The summed E-state index contributed by atoms with van der Waals surface area (Å²) in [6, 6.07) is 11.9. The van der Waals surface area contributed by atoms with Crippen LogP contribution in [0, 0.1) is 5.92 Å². The molecule has 1 amide bonds. The molecule has 1 unspecified atom stereocenters. The highest BCUT2D eigenvalue weighted by molar-refractivity contribution is 5.94. The summed E-state index contributed by atoms with van der Waals surface area (Å²) in [5.41, 5.74) is 7.23. The van der Waals surface area contributed by atoms with Crippen molar-refractivity contribution < 1.29 is 9.21 Å². The molecule has 4 nitrogen and oxygen atoms in total. The SMILES string of the molecule is CC(C)C(CNC(=O)c1coc(CN)c1)c1ccccc1. The third kappa shape index (κ3) is 3.95. The Hall–Kier alpha value is -2.07. The minimum Gasteiger partial charge on any atom is -0.467 e. The van der Waals surface area contributed by atoms with Crippen molar-refractivity contribution in [1.29, 1.82) is 0 Å². The van der Waals surface area contributed by atoms with Crippen molar-refractivity contribution in [2.45, 2.75) is 26.3 Å². The van der Waals surface area contributed by atoms with Crippen molar-refractivity contribution >= 4 is 5.91 Å². The number of nitrogens with two attached hydrogens (primary N) is 1. The van der Waals surface area contributed by atoms with Gasteiger partial charge in [-0.15, -0.1) is 0 Å². The molecule has 0 aliphatic carbocycles. The highest BCUT2D eigenvalue weighted by Gasteiger charge is 2.17. The molecule has 2 aromatic rings. The van der Waals surface area contributed by atoms with Crippen LogP contribution in [0.4, 0.5) is 0 Å². The van der Waals surface area contributed by atoms with Gasteiger partial charge in [-0.1, -0.05) is 44.2 Å². The van der Waals surface area contributed by atoms with Crippen LogP contribution < -0.4 is 11.1 Å². The zero-order valence-corrected chi connectivity index (χ0v) is 12.5. The molecule has 0 saturated carbocycles. The number of furan rings is 1. The largest absolute Gasteiger partial charge is 0.467 e. The van der Waals surface area contributed by atoms with Crippen molar-refractivity contribution in [3.8, 4) is 0 Å². The Balaban J connectivity index is 2.00. The Morgan fingerprint density at radius 2 is 2.00 bits per heavy atom. The van der Waals surface area contributed by atoms with E-state index in [1.165, 1.54) is 11.8 Å². The summed E-state index contributed by atoms with van der Waals surface area (Å²) in [6.07, 6.45) is 1.45. The monoisotopic (exact) mass is 286 g/mol. The summed E-state index contributed by atoms with van der Waals surface area (Å²) in [4.78, 5) is 12.1. The minimum absolute atomic E-state index is 0.125. The molecule has 0 aliphatic rings. The lowest BCUT2D eigenvalue weighted by molar-refractivity contribution is 0.0948. The second-order valence-electron chi connectivity index (χ2n) is 5.48. The molecular weight excluding hydrogens is 264 g/mol. The maximum absolute atomic E-state index is 12.1. The average Bonchev–Trinajstić information content (AvgIpc) is 2.97. The quantitative estimate of drug-likeness (QED) is 0.858. The van der Waals surface area contributed by atoms with Gasteiger partial charge < -0.3 is 15.5 Å². The maximum Gasteiger partial charge on any atom is 0.254 e. The molecule has 1 heterocycles. The van der Waals surface area contributed by atoms with Crippen LogP contribution >= 0.6 is 0 Å². The normalized spacial score (nSPS) is 12.4. The van der Waals surface area contributed by atoms with Gasteiger partial charge in [0.25, 0.3) is 5.91 Å². The van der Waals surface area contributed by atoms with E-state index in [0.717, 1.165) is 0 Å². The van der Waals surface area contributed by atoms with E-state index in [1.807, 2.05) is 18.2 Å². The maximum atomic E-state index is 12.1. The van der Waals surface area contributed by atoms with Crippen molar-refractivity contribution in [3.05, 3.63) is 59.5 Å². The Labute approximate surface area is 125 Å². The highest BCUT2D eigenvalue weighted by Crippen LogP contribution is 2.23. The van der Waals surface area contributed by atoms with E-state index < -0.39 is 0 Å². The zero-order chi connectivity index (χ0) is 15.2. The van der Waals surface area contributed by atoms with Crippen LogP contribution in [0.1, 0.15) is 41.4 Å². The number of hydrogen-bond acceptors (Lipinski definition) is 3. The van der Waals surface area contributed by atoms with Crippen LogP contribution in [0.3, 0.4) is 0 Å². The summed E-state index contributed by atoms with van der Waals surface area (Å²) < 4.78 is 5.19. The van der Waals surface area contributed by atoms with Crippen molar-refractivity contribution in [2.75, 3.05) is 6.54 Å². The van der Waals surface area contributed by atoms with Gasteiger partial charge in [0.1, 0.15) is 12.0 Å². The lowest BCUT2D eigenvalue weighted by Crippen LogP contribution is -2.30. The molecular formula is C17H22N2O2. The van der Waals surface area contributed by atoms with Gasteiger partial charge in [0, 0.05) is 12.5 Å². The first kappa shape index (κ1) is 15.3. The van der Waals surface area contributed by atoms with Gasteiger partial charge in [0.05, 0.1) is 12.1 Å². The Kier molecular flexibility index (Phi) is 5.17. The summed E-state index contributed by atoms with van der Waals surface area (Å²) in [5, 5.41) is 2.98. The molecule has 1 aromatic carbocycles. The summed E-state index contributed by atoms with van der Waals surface area (Å²) in [7, 11) is 0. The smallest absolute Gasteiger partial charge is 0.254 e. The van der Waals surface area contributed by atoms with Gasteiger partial charge in [-0.3, -0.25) is 4.79 Å². The fraction of sp³-hybridized carbons (Fsp3) is 0.353. The number of carbonyl (C=O) groups is 1. The molecule has 0 bridgehead atoms. The molecule has 112 valence electrons. The highest BCUT2D eigenvalue weighted by atomic mass is 16.3. The number of benzene rings is 1. The van der Waals surface area contributed by atoms with Crippen molar-refractivity contribution in [2.24, 2.45) is 11.7 Å². The molecule has 0 spiro atoms. The van der Waals surface area contributed by atoms with Gasteiger partial charge in [-0.05, 0) is 17.5 Å². The Morgan fingerprint density at radius 1 is 1.29 bits per heavy atom. The van der Waals surface area contributed by atoms with E-state index in [1.54, 1.807) is 6.07 Å². The fourth-order valence-corrected chi connectivity index (χ4v) is 2.35. The number of amides is 1. The molecule has 0 aliphatic heterocycles. The van der Waals surface area contributed by atoms with E-state index in [-0.39, 0.29) is 11.8 Å². The first-order valence-corrected chi connectivity index (χ1v) is 7.22. The molecule has 4 heteroatoms. The second-order valence-corrected chi connectivity index (χ2v) is 5.48. The molecule has 2 rings (SSSR count). The summed E-state index contributed by atoms with van der Waals surface area (Å²) in [5.74, 6) is 1.22. The van der Waals surface area contributed by atoms with Crippen LogP contribution in [-0.2, 0) is 6.54 Å². The predicted molar refractivity (Wildman–Crippen MR) is 83.0 cm³/mol. The second kappa shape index (κ2) is 7.09. The van der Waals surface area contributed by atoms with E-state index >= 15 is 0 Å². The first-order chi connectivity index (χ1) is 10.1. The van der Waals surface area contributed by atoms with Gasteiger partial charge in [-0.2, -0.15) is 0 Å². The third-order valence-electron chi connectivity index (χ3n) is 3.63. The topological polar surface area (TPSA) is 68.3 Å². The van der Waals surface area contributed by atoms with E-state index in [9.17, 15) is 4.79 Å². The molecule has 0 radical (unpaired) electrons.